The molecule has 0 saturated heterocycles. The van der Waals surface area contributed by atoms with Crippen molar-refractivity contribution in [3.05, 3.63) is 23.8 Å². The lowest BCUT2D eigenvalue weighted by molar-refractivity contribution is -0.141. The molecule has 0 aliphatic rings. The van der Waals surface area contributed by atoms with E-state index in [2.05, 4.69) is 4.74 Å². The SMILES string of the molecule is COC(=O)C[C@H](N)c1c(OC)cccc1OC.Cl. The fraction of sp³-hybridized carbons (Fsp3) is 0.417. The van der Waals surface area contributed by atoms with Gasteiger partial charge in [-0.05, 0) is 12.1 Å². The van der Waals surface area contributed by atoms with Gasteiger partial charge in [0.05, 0.1) is 33.3 Å². The zero-order valence-corrected chi connectivity index (χ0v) is 11.5. The number of methoxy groups -OCH3 is 3. The van der Waals surface area contributed by atoms with Crippen molar-refractivity contribution in [1.29, 1.82) is 0 Å². The van der Waals surface area contributed by atoms with Crippen molar-refractivity contribution in [3.63, 3.8) is 0 Å². The molecule has 1 aromatic rings. The first-order valence-electron chi connectivity index (χ1n) is 5.17. The third kappa shape index (κ3) is 3.78. The maximum absolute atomic E-state index is 11.2. The molecule has 0 heterocycles. The van der Waals surface area contributed by atoms with Gasteiger partial charge in [0.1, 0.15) is 11.5 Å². The number of esters is 1. The summed E-state index contributed by atoms with van der Waals surface area (Å²) in [7, 11) is 4.42. The first kappa shape index (κ1) is 16.5. The van der Waals surface area contributed by atoms with Crippen LogP contribution >= 0.6 is 12.4 Å². The molecule has 2 N–H and O–H groups in total. The van der Waals surface area contributed by atoms with E-state index < -0.39 is 6.04 Å². The highest BCUT2D eigenvalue weighted by Crippen LogP contribution is 2.34. The van der Waals surface area contributed by atoms with Gasteiger partial charge in [-0.2, -0.15) is 0 Å². The smallest absolute Gasteiger partial charge is 0.307 e. The van der Waals surface area contributed by atoms with Crippen LogP contribution < -0.4 is 15.2 Å². The van der Waals surface area contributed by atoms with Crippen LogP contribution in [0, 0.1) is 0 Å². The van der Waals surface area contributed by atoms with Crippen molar-refractivity contribution in [2.24, 2.45) is 5.73 Å². The summed E-state index contributed by atoms with van der Waals surface area (Å²) in [5.74, 6) is 0.826. The summed E-state index contributed by atoms with van der Waals surface area (Å²) in [6, 6.07) is 4.82. The molecule has 0 fully saturated rings. The lowest BCUT2D eigenvalue weighted by Gasteiger charge is -2.17. The molecule has 0 spiro atoms. The Balaban J connectivity index is 0.00000289. The molecule has 0 saturated carbocycles. The van der Waals surface area contributed by atoms with E-state index in [-0.39, 0.29) is 24.8 Å². The largest absolute Gasteiger partial charge is 0.496 e. The van der Waals surface area contributed by atoms with Gasteiger partial charge in [-0.1, -0.05) is 6.07 Å². The lowest BCUT2D eigenvalue weighted by atomic mass is 10.0. The number of carbonyl (C=O) groups is 1. The van der Waals surface area contributed by atoms with Crippen molar-refractivity contribution in [2.75, 3.05) is 21.3 Å². The number of carbonyl (C=O) groups excluding carboxylic acids is 1. The Bertz CT molecular complexity index is 375. The molecule has 0 aromatic heterocycles. The van der Waals surface area contributed by atoms with Gasteiger partial charge in [-0.3, -0.25) is 4.79 Å². The second-order valence-corrected chi connectivity index (χ2v) is 3.46. The second kappa shape index (κ2) is 7.79. The summed E-state index contributed by atoms with van der Waals surface area (Å²) in [6.45, 7) is 0. The summed E-state index contributed by atoms with van der Waals surface area (Å²) in [6.07, 6.45) is 0.0766. The number of halogens is 1. The van der Waals surface area contributed by atoms with Crippen LogP contribution in [0.4, 0.5) is 0 Å². The van der Waals surface area contributed by atoms with E-state index >= 15 is 0 Å². The minimum Gasteiger partial charge on any atom is -0.496 e. The van der Waals surface area contributed by atoms with Crippen molar-refractivity contribution in [1.82, 2.24) is 0 Å². The number of hydrogen-bond donors (Lipinski definition) is 1. The third-order valence-corrected chi connectivity index (χ3v) is 2.45. The topological polar surface area (TPSA) is 70.8 Å². The van der Waals surface area contributed by atoms with Gasteiger partial charge in [0.15, 0.2) is 0 Å². The zero-order chi connectivity index (χ0) is 12.8. The molecule has 18 heavy (non-hydrogen) atoms. The quantitative estimate of drug-likeness (QED) is 0.828. The highest BCUT2D eigenvalue weighted by Gasteiger charge is 2.20. The van der Waals surface area contributed by atoms with E-state index in [0.717, 1.165) is 0 Å². The minimum absolute atomic E-state index is 0. The average molecular weight is 276 g/mol. The molecule has 0 aliphatic carbocycles. The van der Waals surface area contributed by atoms with Crippen molar-refractivity contribution in [3.8, 4) is 11.5 Å². The highest BCUT2D eigenvalue weighted by atomic mass is 35.5. The van der Waals surface area contributed by atoms with Crippen LogP contribution in [-0.4, -0.2) is 27.3 Å². The van der Waals surface area contributed by atoms with Crippen molar-refractivity contribution >= 4 is 18.4 Å². The summed E-state index contributed by atoms with van der Waals surface area (Å²) in [4.78, 5) is 11.2. The number of ether oxygens (including phenoxy) is 3. The van der Waals surface area contributed by atoms with Gasteiger partial charge in [0, 0.05) is 6.04 Å². The maximum Gasteiger partial charge on any atom is 0.307 e. The van der Waals surface area contributed by atoms with Crippen LogP contribution in [0.1, 0.15) is 18.0 Å². The fourth-order valence-corrected chi connectivity index (χ4v) is 1.61. The van der Waals surface area contributed by atoms with E-state index in [0.29, 0.717) is 17.1 Å². The Morgan fingerprint density at radius 2 is 1.72 bits per heavy atom. The van der Waals surface area contributed by atoms with Gasteiger partial charge in [-0.15, -0.1) is 12.4 Å². The highest BCUT2D eigenvalue weighted by molar-refractivity contribution is 5.85. The molecule has 1 aromatic carbocycles. The van der Waals surface area contributed by atoms with Gasteiger partial charge in [0.2, 0.25) is 0 Å². The Labute approximate surface area is 113 Å². The summed E-state index contributed by atoms with van der Waals surface area (Å²) < 4.78 is 15.0. The number of nitrogens with two attached hydrogens (primary N) is 1. The maximum atomic E-state index is 11.2. The Morgan fingerprint density at radius 1 is 1.22 bits per heavy atom. The van der Waals surface area contributed by atoms with Gasteiger partial charge in [-0.25, -0.2) is 0 Å². The normalized spacial score (nSPS) is 11.1. The summed E-state index contributed by atoms with van der Waals surface area (Å²) >= 11 is 0. The number of hydrogen-bond acceptors (Lipinski definition) is 5. The molecule has 5 nitrogen and oxygen atoms in total. The fourth-order valence-electron chi connectivity index (χ4n) is 1.61. The predicted molar refractivity (Wildman–Crippen MR) is 70.4 cm³/mol. The molecular weight excluding hydrogens is 258 g/mol. The van der Waals surface area contributed by atoms with Crippen LogP contribution in [-0.2, 0) is 9.53 Å². The molecule has 0 bridgehead atoms. The monoisotopic (exact) mass is 275 g/mol. The Morgan fingerprint density at radius 3 is 2.11 bits per heavy atom. The van der Waals surface area contributed by atoms with Crippen molar-refractivity contribution < 1.29 is 19.0 Å². The average Bonchev–Trinajstić information content (AvgIpc) is 2.37. The molecule has 6 heteroatoms. The van der Waals surface area contributed by atoms with E-state index in [1.807, 2.05) is 0 Å². The van der Waals surface area contributed by atoms with Crippen LogP contribution in [0.25, 0.3) is 0 Å². The predicted octanol–water partition coefficient (Wildman–Crippen LogP) is 1.69. The van der Waals surface area contributed by atoms with Crippen LogP contribution in [0.2, 0.25) is 0 Å². The molecule has 0 amide bonds. The number of rotatable bonds is 5. The van der Waals surface area contributed by atoms with Crippen LogP contribution in [0.15, 0.2) is 18.2 Å². The van der Waals surface area contributed by atoms with E-state index in [4.69, 9.17) is 15.2 Å². The molecular formula is C12H18ClNO4. The second-order valence-electron chi connectivity index (χ2n) is 3.46. The molecule has 1 rings (SSSR count). The first-order valence-corrected chi connectivity index (χ1v) is 5.17. The molecule has 102 valence electrons. The molecule has 0 radical (unpaired) electrons. The van der Waals surface area contributed by atoms with Crippen molar-refractivity contribution in [2.45, 2.75) is 12.5 Å². The van der Waals surface area contributed by atoms with Crippen LogP contribution in [0.5, 0.6) is 11.5 Å². The zero-order valence-electron chi connectivity index (χ0n) is 10.6. The Kier molecular flexibility index (Phi) is 7.16. The summed E-state index contributed by atoms with van der Waals surface area (Å²) in [5, 5.41) is 0. The van der Waals surface area contributed by atoms with Gasteiger partial charge < -0.3 is 19.9 Å². The first-order chi connectivity index (χ1) is 8.13. The molecule has 0 unspecified atom stereocenters. The minimum atomic E-state index is -0.520. The Hall–Kier alpha value is -1.46. The lowest BCUT2D eigenvalue weighted by Crippen LogP contribution is -2.18. The molecule has 1 atom stereocenters. The van der Waals surface area contributed by atoms with E-state index in [1.165, 1.54) is 7.11 Å². The number of benzene rings is 1. The van der Waals surface area contributed by atoms with E-state index in [1.54, 1.807) is 32.4 Å². The third-order valence-electron chi connectivity index (χ3n) is 2.45. The molecule has 0 aliphatic heterocycles. The van der Waals surface area contributed by atoms with Crippen LogP contribution in [0.3, 0.4) is 0 Å². The van der Waals surface area contributed by atoms with Gasteiger partial charge >= 0.3 is 5.97 Å². The summed E-state index contributed by atoms with van der Waals surface area (Å²) in [5.41, 5.74) is 6.63. The van der Waals surface area contributed by atoms with E-state index in [9.17, 15) is 4.79 Å². The van der Waals surface area contributed by atoms with Gasteiger partial charge in [0.25, 0.3) is 0 Å². The standard InChI is InChI=1S/C12H17NO4.ClH/c1-15-9-5-4-6-10(16-2)12(9)8(13)7-11(14)17-3;/h4-6,8H,7,13H2,1-3H3;1H/t8-;/m0./s1.